The number of benzene rings is 1. The fraction of sp³-hybridized carbons (Fsp3) is 0.650. The Balaban J connectivity index is 1.46. The Morgan fingerprint density at radius 1 is 1.04 bits per heavy atom. The van der Waals surface area contributed by atoms with Crippen molar-refractivity contribution >= 4 is 31.9 Å². The van der Waals surface area contributed by atoms with Crippen LogP contribution >= 0.6 is 15.9 Å². The lowest BCUT2D eigenvalue weighted by Gasteiger charge is -2.34. The Labute approximate surface area is 171 Å². The fourth-order valence-electron chi connectivity index (χ4n) is 4.15. The molecule has 0 atom stereocenters. The van der Waals surface area contributed by atoms with E-state index in [2.05, 4.69) is 15.9 Å². The van der Waals surface area contributed by atoms with Gasteiger partial charge in [-0.25, -0.2) is 8.42 Å². The number of rotatable bonds is 6. The van der Waals surface area contributed by atoms with Crippen LogP contribution in [0, 0.1) is 5.92 Å². The van der Waals surface area contributed by atoms with Crippen molar-refractivity contribution in [1.82, 2.24) is 9.21 Å². The molecule has 150 valence electrons. The lowest BCUT2D eigenvalue weighted by molar-refractivity contribution is -0.132. The zero-order valence-electron chi connectivity index (χ0n) is 15.8. The molecular weight excluding hydrogens is 428 g/mol. The molecule has 1 aliphatic carbocycles. The van der Waals surface area contributed by atoms with Crippen LogP contribution in [-0.2, 0) is 14.8 Å². The minimum Gasteiger partial charge on any atom is -0.340 e. The molecule has 1 amide bonds. The first-order valence-corrected chi connectivity index (χ1v) is 12.2. The molecule has 1 aliphatic heterocycles. The number of carbonyl (C=O) groups is 1. The van der Waals surface area contributed by atoms with Crippen molar-refractivity contribution in [3.63, 3.8) is 0 Å². The molecule has 2 aliphatic rings. The number of amides is 1. The van der Waals surface area contributed by atoms with Crippen molar-refractivity contribution < 1.29 is 13.2 Å². The number of sulfonamides is 1. The number of nitrogens with zero attached hydrogens (tertiary/aromatic N) is 2. The van der Waals surface area contributed by atoms with E-state index in [1.165, 1.54) is 36.4 Å². The van der Waals surface area contributed by atoms with Gasteiger partial charge in [-0.05, 0) is 46.8 Å². The molecule has 2 fully saturated rings. The van der Waals surface area contributed by atoms with Gasteiger partial charge >= 0.3 is 0 Å². The van der Waals surface area contributed by atoms with Crippen molar-refractivity contribution in [3.8, 4) is 0 Å². The second-order valence-electron chi connectivity index (χ2n) is 7.61. The normalized spacial score (nSPS) is 20.0. The SMILES string of the molecule is O=C(CCCC1CCCCC1)N1CCN(S(=O)(=O)c2ccccc2Br)CC1. The van der Waals surface area contributed by atoms with E-state index in [0.29, 0.717) is 37.1 Å². The van der Waals surface area contributed by atoms with Crippen LogP contribution in [0.4, 0.5) is 0 Å². The van der Waals surface area contributed by atoms with Crippen LogP contribution in [0.15, 0.2) is 33.6 Å². The molecule has 1 aromatic carbocycles. The first-order valence-electron chi connectivity index (χ1n) is 10.0. The zero-order valence-corrected chi connectivity index (χ0v) is 18.2. The summed E-state index contributed by atoms with van der Waals surface area (Å²) in [5.41, 5.74) is 0. The molecule has 1 aromatic rings. The van der Waals surface area contributed by atoms with Gasteiger partial charge in [0.15, 0.2) is 0 Å². The standard InChI is InChI=1S/C20H29BrN2O3S/c21-18-10-4-5-11-19(18)27(25,26)23-15-13-22(14-16-23)20(24)12-6-9-17-7-2-1-3-8-17/h4-5,10-11,17H,1-3,6-9,12-16H2. The molecule has 0 unspecified atom stereocenters. The van der Waals surface area contributed by atoms with Gasteiger partial charge in [-0.2, -0.15) is 4.31 Å². The number of hydrogen-bond donors (Lipinski definition) is 0. The molecule has 27 heavy (non-hydrogen) atoms. The van der Waals surface area contributed by atoms with Gasteiger partial charge in [0.05, 0.1) is 4.90 Å². The highest BCUT2D eigenvalue weighted by Crippen LogP contribution is 2.28. The van der Waals surface area contributed by atoms with E-state index in [0.717, 1.165) is 18.8 Å². The third-order valence-electron chi connectivity index (χ3n) is 5.77. The van der Waals surface area contributed by atoms with E-state index < -0.39 is 10.0 Å². The lowest BCUT2D eigenvalue weighted by Crippen LogP contribution is -2.50. The highest BCUT2D eigenvalue weighted by molar-refractivity contribution is 9.10. The first-order chi connectivity index (χ1) is 13.0. The summed E-state index contributed by atoms with van der Waals surface area (Å²) >= 11 is 3.32. The summed E-state index contributed by atoms with van der Waals surface area (Å²) in [6.07, 6.45) is 9.38. The Bertz CT molecular complexity index is 739. The average Bonchev–Trinajstić information content (AvgIpc) is 2.69. The largest absolute Gasteiger partial charge is 0.340 e. The van der Waals surface area contributed by atoms with Gasteiger partial charge in [-0.1, -0.05) is 44.2 Å². The van der Waals surface area contributed by atoms with Gasteiger partial charge < -0.3 is 4.90 Å². The molecule has 0 N–H and O–H groups in total. The molecule has 0 radical (unpaired) electrons. The van der Waals surface area contributed by atoms with Crippen molar-refractivity contribution in [1.29, 1.82) is 0 Å². The summed E-state index contributed by atoms with van der Waals surface area (Å²) in [5, 5.41) is 0. The van der Waals surface area contributed by atoms with Gasteiger partial charge in [-0.15, -0.1) is 0 Å². The van der Waals surface area contributed by atoms with E-state index in [9.17, 15) is 13.2 Å². The van der Waals surface area contributed by atoms with Gasteiger partial charge in [0.2, 0.25) is 15.9 Å². The average molecular weight is 457 g/mol. The lowest BCUT2D eigenvalue weighted by atomic mass is 9.86. The topological polar surface area (TPSA) is 57.7 Å². The predicted molar refractivity (Wildman–Crippen MR) is 110 cm³/mol. The monoisotopic (exact) mass is 456 g/mol. The molecule has 1 saturated carbocycles. The molecule has 3 rings (SSSR count). The van der Waals surface area contributed by atoms with Crippen LogP contribution < -0.4 is 0 Å². The summed E-state index contributed by atoms with van der Waals surface area (Å²) in [5.74, 6) is 0.974. The summed E-state index contributed by atoms with van der Waals surface area (Å²) in [7, 11) is -3.52. The summed E-state index contributed by atoms with van der Waals surface area (Å²) in [6.45, 7) is 1.67. The third kappa shape index (κ3) is 5.33. The number of carbonyl (C=O) groups excluding carboxylic acids is 1. The Hall–Kier alpha value is -0.920. The molecule has 1 saturated heterocycles. The van der Waals surface area contributed by atoms with Crippen LogP contribution in [0.2, 0.25) is 0 Å². The maximum atomic E-state index is 12.8. The highest BCUT2D eigenvalue weighted by atomic mass is 79.9. The van der Waals surface area contributed by atoms with Crippen LogP contribution in [-0.4, -0.2) is 49.7 Å². The van der Waals surface area contributed by atoms with Gasteiger partial charge in [0, 0.05) is 37.1 Å². The predicted octanol–water partition coefficient (Wildman–Crippen LogP) is 4.03. The minimum atomic E-state index is -3.52. The Kier molecular flexibility index (Phi) is 7.34. The maximum Gasteiger partial charge on any atom is 0.244 e. The molecule has 0 spiro atoms. The van der Waals surface area contributed by atoms with Crippen molar-refractivity contribution in [2.24, 2.45) is 5.92 Å². The Morgan fingerprint density at radius 3 is 2.37 bits per heavy atom. The second kappa shape index (κ2) is 9.52. The smallest absolute Gasteiger partial charge is 0.244 e. The molecule has 0 bridgehead atoms. The van der Waals surface area contributed by atoms with E-state index in [1.54, 1.807) is 24.3 Å². The van der Waals surface area contributed by atoms with Gasteiger partial charge in [0.1, 0.15) is 0 Å². The van der Waals surface area contributed by atoms with E-state index in [1.807, 2.05) is 4.90 Å². The van der Waals surface area contributed by atoms with Gasteiger partial charge in [-0.3, -0.25) is 4.79 Å². The van der Waals surface area contributed by atoms with Crippen molar-refractivity contribution in [2.45, 2.75) is 56.3 Å². The van der Waals surface area contributed by atoms with Crippen LogP contribution in [0.5, 0.6) is 0 Å². The van der Waals surface area contributed by atoms with Crippen LogP contribution in [0.1, 0.15) is 51.4 Å². The molecular formula is C20H29BrN2O3S. The Morgan fingerprint density at radius 2 is 1.70 bits per heavy atom. The van der Waals surface area contributed by atoms with Crippen molar-refractivity contribution in [2.75, 3.05) is 26.2 Å². The molecule has 5 nitrogen and oxygen atoms in total. The third-order valence-corrected chi connectivity index (χ3v) is 8.68. The molecule has 1 heterocycles. The van der Waals surface area contributed by atoms with Crippen molar-refractivity contribution in [3.05, 3.63) is 28.7 Å². The zero-order chi connectivity index (χ0) is 19.3. The van der Waals surface area contributed by atoms with Crippen LogP contribution in [0.25, 0.3) is 0 Å². The first kappa shape index (κ1) is 20.8. The maximum absolute atomic E-state index is 12.8. The summed E-state index contributed by atoms with van der Waals surface area (Å²) in [6, 6.07) is 6.87. The van der Waals surface area contributed by atoms with Crippen LogP contribution in [0.3, 0.4) is 0 Å². The van der Waals surface area contributed by atoms with E-state index in [4.69, 9.17) is 0 Å². The summed E-state index contributed by atoms with van der Waals surface area (Å²) < 4.78 is 27.7. The summed E-state index contributed by atoms with van der Waals surface area (Å²) in [4.78, 5) is 14.6. The fourth-order valence-corrected chi connectivity index (χ4v) is 6.53. The van der Waals surface area contributed by atoms with Gasteiger partial charge in [0.25, 0.3) is 0 Å². The van der Waals surface area contributed by atoms with E-state index in [-0.39, 0.29) is 10.8 Å². The second-order valence-corrected chi connectivity index (χ2v) is 10.4. The number of halogens is 1. The number of hydrogen-bond acceptors (Lipinski definition) is 3. The number of piperazine rings is 1. The van der Waals surface area contributed by atoms with E-state index >= 15 is 0 Å². The minimum absolute atomic E-state index is 0.170. The molecule has 7 heteroatoms. The highest BCUT2D eigenvalue weighted by Gasteiger charge is 2.31. The quantitative estimate of drug-likeness (QED) is 0.648. The molecule has 0 aromatic heterocycles.